The van der Waals surface area contributed by atoms with Gasteiger partial charge in [0.05, 0.1) is 25.4 Å². The highest BCUT2D eigenvalue weighted by Crippen LogP contribution is 2.42. The van der Waals surface area contributed by atoms with Gasteiger partial charge >= 0.3 is 12.1 Å². The molecule has 0 saturated heterocycles. The summed E-state index contributed by atoms with van der Waals surface area (Å²) in [5, 5.41) is 10.9. The Balaban J connectivity index is 1.52. The molecule has 4 rings (SSSR count). The van der Waals surface area contributed by atoms with Crippen LogP contribution >= 0.6 is 11.6 Å². The number of fused-ring (bicyclic) bond motifs is 2. The maximum absolute atomic E-state index is 12.3. The summed E-state index contributed by atoms with van der Waals surface area (Å²) in [6.45, 7) is 11.6. The molecule has 0 saturated carbocycles. The molecule has 1 aliphatic heterocycles. The molecule has 0 spiro atoms. The first-order valence-corrected chi connectivity index (χ1v) is 12.5. The number of anilines is 1. The van der Waals surface area contributed by atoms with Crippen molar-refractivity contribution in [3.8, 4) is 5.75 Å². The quantitative estimate of drug-likeness (QED) is 0.413. The van der Waals surface area contributed by atoms with Gasteiger partial charge in [-0.1, -0.05) is 11.6 Å². The van der Waals surface area contributed by atoms with Gasteiger partial charge in [0.25, 0.3) is 0 Å². The van der Waals surface area contributed by atoms with Crippen molar-refractivity contribution in [3.05, 3.63) is 52.3 Å². The lowest BCUT2D eigenvalue weighted by molar-refractivity contribution is 0.0447. The smallest absolute Gasteiger partial charge is 0.407 e. The van der Waals surface area contributed by atoms with Crippen molar-refractivity contribution in [2.75, 3.05) is 18.5 Å². The second-order valence-corrected chi connectivity index (χ2v) is 10.7. The van der Waals surface area contributed by atoms with Crippen molar-refractivity contribution in [3.63, 3.8) is 0 Å². The summed E-state index contributed by atoms with van der Waals surface area (Å²) in [6, 6.07) is 5.27. The largest absolute Gasteiger partial charge is 0.485 e. The number of ether oxygens (including phenoxy) is 3. The van der Waals surface area contributed by atoms with Gasteiger partial charge in [-0.25, -0.2) is 19.1 Å². The maximum Gasteiger partial charge on any atom is 0.407 e. The van der Waals surface area contributed by atoms with E-state index >= 15 is 0 Å². The second-order valence-electron chi connectivity index (χ2n) is 10.3. The van der Waals surface area contributed by atoms with Gasteiger partial charge in [0.15, 0.2) is 5.65 Å². The Kier molecular flexibility index (Phi) is 7.23. The van der Waals surface area contributed by atoms with Crippen LogP contribution in [0, 0.1) is 0 Å². The Hall–Kier alpha value is -3.53. The zero-order chi connectivity index (χ0) is 27.0. The number of benzene rings is 1. The van der Waals surface area contributed by atoms with E-state index in [-0.39, 0.29) is 19.2 Å². The van der Waals surface area contributed by atoms with E-state index in [4.69, 9.17) is 25.8 Å². The predicted octanol–water partition coefficient (Wildman–Crippen LogP) is 4.95. The Morgan fingerprint density at radius 1 is 1.32 bits per heavy atom. The van der Waals surface area contributed by atoms with Crippen LogP contribution < -0.4 is 15.4 Å². The fourth-order valence-electron chi connectivity index (χ4n) is 4.21. The van der Waals surface area contributed by atoms with Gasteiger partial charge in [0.2, 0.25) is 0 Å². The number of nitrogens with zero attached hydrogens (tertiary/aromatic N) is 3. The molecule has 10 nitrogen and oxygen atoms in total. The molecule has 3 aromatic rings. The van der Waals surface area contributed by atoms with E-state index in [1.54, 1.807) is 19.2 Å². The highest BCUT2D eigenvalue weighted by atomic mass is 35.5. The molecule has 11 heteroatoms. The molecule has 198 valence electrons. The third-order valence-electron chi connectivity index (χ3n) is 5.77. The molecule has 0 aliphatic carbocycles. The van der Waals surface area contributed by atoms with Crippen LogP contribution in [0.15, 0.2) is 30.6 Å². The van der Waals surface area contributed by atoms with Crippen LogP contribution in [0.4, 0.5) is 10.6 Å². The van der Waals surface area contributed by atoms with E-state index in [1.807, 2.05) is 46.8 Å². The van der Waals surface area contributed by atoms with Gasteiger partial charge in [-0.15, -0.1) is 0 Å². The van der Waals surface area contributed by atoms with Crippen LogP contribution in [-0.4, -0.2) is 51.0 Å². The number of aromatic nitrogens is 3. The van der Waals surface area contributed by atoms with E-state index in [9.17, 15) is 9.59 Å². The molecule has 1 aromatic carbocycles. The zero-order valence-electron chi connectivity index (χ0n) is 21.8. The van der Waals surface area contributed by atoms with Crippen LogP contribution in [0.3, 0.4) is 0 Å². The average Bonchev–Trinajstić information content (AvgIpc) is 3.36. The first-order valence-electron chi connectivity index (χ1n) is 12.1. The van der Waals surface area contributed by atoms with E-state index < -0.39 is 23.3 Å². The summed E-state index contributed by atoms with van der Waals surface area (Å²) in [4.78, 5) is 29.0. The van der Waals surface area contributed by atoms with Crippen LogP contribution in [0.2, 0.25) is 5.02 Å². The number of carbonyl (C=O) groups is 2. The summed E-state index contributed by atoms with van der Waals surface area (Å²) in [5.41, 5.74) is 1.24. The molecule has 1 aliphatic rings. The Bertz CT molecular complexity index is 1330. The number of hydrogen-bond donors (Lipinski definition) is 2. The van der Waals surface area contributed by atoms with Crippen LogP contribution in [0.25, 0.3) is 5.65 Å². The minimum Gasteiger partial charge on any atom is -0.485 e. The number of nitrogens with one attached hydrogen (secondary N) is 2. The van der Waals surface area contributed by atoms with E-state index in [1.165, 1.54) is 10.7 Å². The summed E-state index contributed by atoms with van der Waals surface area (Å²) < 4.78 is 18.4. The minimum absolute atomic E-state index is 0.238. The minimum atomic E-state index is -0.665. The summed E-state index contributed by atoms with van der Waals surface area (Å²) in [5.74, 6) is 0.790. The Labute approximate surface area is 220 Å². The molecule has 1 amide bonds. The molecule has 0 bridgehead atoms. The SMILES string of the molecule is CCOC(=O)c1cnn2ccc(N[C@H](C)c3cc(Cl)cc4c3OC(C)(CNC(=O)OC(C)(C)C)C4)nc12. The molecular formula is C26H32ClN5O5. The number of halogens is 1. The third-order valence-corrected chi connectivity index (χ3v) is 5.99. The Morgan fingerprint density at radius 3 is 2.78 bits per heavy atom. The van der Waals surface area contributed by atoms with Gasteiger partial charge in [0.1, 0.15) is 28.3 Å². The molecular weight excluding hydrogens is 498 g/mol. The number of hydrogen-bond acceptors (Lipinski definition) is 8. The molecule has 1 unspecified atom stereocenters. The van der Waals surface area contributed by atoms with Crippen LogP contribution in [-0.2, 0) is 15.9 Å². The summed E-state index contributed by atoms with van der Waals surface area (Å²) >= 11 is 6.47. The van der Waals surface area contributed by atoms with Gasteiger partial charge < -0.3 is 24.8 Å². The lowest BCUT2D eigenvalue weighted by Crippen LogP contribution is -2.45. The normalized spacial score (nSPS) is 17.6. The fraction of sp³-hybridized carbons (Fsp3) is 0.462. The topological polar surface area (TPSA) is 116 Å². The van der Waals surface area contributed by atoms with E-state index in [0.29, 0.717) is 28.5 Å². The van der Waals surface area contributed by atoms with Crippen LogP contribution in [0.5, 0.6) is 5.75 Å². The Morgan fingerprint density at radius 2 is 2.08 bits per heavy atom. The highest BCUT2D eigenvalue weighted by molar-refractivity contribution is 6.30. The molecule has 2 aromatic heterocycles. The molecule has 2 atom stereocenters. The van der Waals surface area contributed by atoms with Gasteiger partial charge in [-0.2, -0.15) is 5.10 Å². The van der Waals surface area contributed by atoms with Crippen molar-refractivity contribution in [1.82, 2.24) is 19.9 Å². The second kappa shape index (κ2) is 10.1. The van der Waals surface area contributed by atoms with Gasteiger partial charge in [-0.3, -0.25) is 0 Å². The number of amides is 1. The van der Waals surface area contributed by atoms with Crippen molar-refractivity contribution in [1.29, 1.82) is 0 Å². The van der Waals surface area contributed by atoms with Crippen molar-refractivity contribution < 1.29 is 23.8 Å². The summed E-state index contributed by atoms with van der Waals surface area (Å²) in [6.07, 6.45) is 3.24. The highest BCUT2D eigenvalue weighted by Gasteiger charge is 2.38. The average molecular weight is 530 g/mol. The lowest BCUT2D eigenvalue weighted by atomic mass is 9.97. The van der Waals surface area contributed by atoms with E-state index in [2.05, 4.69) is 20.7 Å². The number of carbonyl (C=O) groups excluding carboxylic acids is 2. The maximum atomic E-state index is 12.3. The molecule has 0 radical (unpaired) electrons. The van der Waals surface area contributed by atoms with Crippen LogP contribution in [0.1, 0.15) is 69.1 Å². The molecule has 0 fully saturated rings. The molecule has 2 N–H and O–H groups in total. The lowest BCUT2D eigenvalue weighted by Gasteiger charge is -2.27. The molecule has 37 heavy (non-hydrogen) atoms. The van der Waals surface area contributed by atoms with Crippen molar-refractivity contribution in [2.24, 2.45) is 0 Å². The standard InChI is InChI=1S/C26H32ClN5O5/c1-7-35-23(33)19-13-29-32-9-8-20(31-22(19)32)30-15(2)18-11-17(27)10-16-12-26(6,36-21(16)18)14-28-24(34)37-25(3,4)5/h8-11,13,15H,7,12,14H2,1-6H3,(H,28,34)(H,30,31)/t15-,26?/m1/s1. The number of esters is 1. The number of rotatable bonds is 7. The predicted molar refractivity (Wildman–Crippen MR) is 139 cm³/mol. The number of alkyl carbamates (subject to hydrolysis) is 1. The van der Waals surface area contributed by atoms with E-state index in [0.717, 1.165) is 16.9 Å². The molecule has 3 heterocycles. The van der Waals surface area contributed by atoms with Crippen molar-refractivity contribution in [2.45, 2.75) is 65.2 Å². The first-order chi connectivity index (χ1) is 17.4. The third kappa shape index (κ3) is 6.07. The summed E-state index contributed by atoms with van der Waals surface area (Å²) in [7, 11) is 0. The van der Waals surface area contributed by atoms with Gasteiger partial charge in [-0.05, 0) is 59.7 Å². The zero-order valence-corrected chi connectivity index (χ0v) is 22.6. The fourth-order valence-corrected chi connectivity index (χ4v) is 4.46. The monoisotopic (exact) mass is 529 g/mol. The first kappa shape index (κ1) is 26.5. The van der Waals surface area contributed by atoms with Crippen molar-refractivity contribution >= 4 is 35.1 Å². The van der Waals surface area contributed by atoms with Gasteiger partial charge in [0, 0.05) is 28.8 Å².